The SMILES string of the molecule is COC(C)CN1CC(=O)NC(C)(c2ccccc2)C1=O. The molecule has 0 saturated carbocycles. The number of hydrogen-bond donors (Lipinski definition) is 1. The van der Waals surface area contributed by atoms with Crippen molar-refractivity contribution in [1.82, 2.24) is 10.2 Å². The van der Waals surface area contributed by atoms with Crippen LogP contribution >= 0.6 is 0 Å². The van der Waals surface area contributed by atoms with Crippen LogP contribution in [0.3, 0.4) is 0 Å². The Bertz CT molecular complexity index is 503. The van der Waals surface area contributed by atoms with E-state index in [0.29, 0.717) is 6.54 Å². The first-order valence-electron chi connectivity index (χ1n) is 6.66. The molecule has 0 aromatic heterocycles. The van der Waals surface area contributed by atoms with Gasteiger partial charge in [0.2, 0.25) is 5.91 Å². The molecule has 0 radical (unpaired) electrons. The molecule has 0 bridgehead atoms. The molecule has 1 aliphatic rings. The Balaban J connectivity index is 2.29. The summed E-state index contributed by atoms with van der Waals surface area (Å²) in [6.45, 7) is 4.10. The van der Waals surface area contributed by atoms with Gasteiger partial charge in [0, 0.05) is 13.7 Å². The number of carbonyl (C=O) groups is 2. The summed E-state index contributed by atoms with van der Waals surface area (Å²) in [5.41, 5.74) is -0.225. The van der Waals surface area contributed by atoms with Crippen molar-refractivity contribution in [2.75, 3.05) is 20.2 Å². The van der Waals surface area contributed by atoms with Gasteiger partial charge in [-0.1, -0.05) is 30.3 Å². The lowest BCUT2D eigenvalue weighted by Crippen LogP contribution is -2.64. The highest BCUT2D eigenvalue weighted by Crippen LogP contribution is 2.26. The molecule has 20 heavy (non-hydrogen) atoms. The van der Waals surface area contributed by atoms with Crippen LogP contribution in [-0.4, -0.2) is 43.0 Å². The summed E-state index contributed by atoms with van der Waals surface area (Å²) in [6.07, 6.45) is -0.107. The van der Waals surface area contributed by atoms with Crippen molar-refractivity contribution in [1.29, 1.82) is 0 Å². The van der Waals surface area contributed by atoms with Gasteiger partial charge in [-0.15, -0.1) is 0 Å². The number of nitrogens with zero attached hydrogens (tertiary/aromatic N) is 1. The minimum Gasteiger partial charge on any atom is -0.380 e. The Morgan fingerprint density at radius 1 is 1.35 bits per heavy atom. The predicted molar refractivity (Wildman–Crippen MR) is 75.0 cm³/mol. The summed E-state index contributed by atoms with van der Waals surface area (Å²) in [5, 5.41) is 2.81. The second-order valence-corrected chi connectivity index (χ2v) is 5.27. The number of nitrogens with one attached hydrogen (secondary N) is 1. The molecule has 0 aliphatic carbocycles. The topological polar surface area (TPSA) is 58.6 Å². The summed E-state index contributed by atoms with van der Waals surface area (Å²) in [5.74, 6) is -0.258. The van der Waals surface area contributed by atoms with Crippen molar-refractivity contribution in [2.24, 2.45) is 0 Å². The van der Waals surface area contributed by atoms with Crippen molar-refractivity contribution in [3.63, 3.8) is 0 Å². The molecular weight excluding hydrogens is 256 g/mol. The predicted octanol–water partition coefficient (Wildman–Crippen LogP) is 0.895. The molecule has 5 nitrogen and oxygen atoms in total. The van der Waals surface area contributed by atoms with Gasteiger partial charge < -0.3 is 15.0 Å². The standard InChI is InChI=1S/C15H20N2O3/c1-11(20-3)9-17-10-13(18)16-15(2,14(17)19)12-7-5-4-6-8-12/h4-8,11H,9-10H2,1-3H3,(H,16,18). The van der Waals surface area contributed by atoms with E-state index in [1.54, 1.807) is 18.9 Å². The van der Waals surface area contributed by atoms with Crippen molar-refractivity contribution >= 4 is 11.8 Å². The zero-order valence-electron chi connectivity index (χ0n) is 12.1. The molecule has 1 aromatic rings. The lowest BCUT2D eigenvalue weighted by molar-refractivity contribution is -0.151. The van der Waals surface area contributed by atoms with Crippen LogP contribution in [0.4, 0.5) is 0 Å². The van der Waals surface area contributed by atoms with Gasteiger partial charge in [-0.2, -0.15) is 0 Å². The summed E-state index contributed by atoms with van der Waals surface area (Å²) in [4.78, 5) is 26.2. The molecule has 2 unspecified atom stereocenters. The fourth-order valence-electron chi connectivity index (χ4n) is 2.43. The first-order valence-corrected chi connectivity index (χ1v) is 6.66. The molecule has 5 heteroatoms. The number of ether oxygens (including phenoxy) is 1. The number of methoxy groups -OCH3 is 1. The van der Waals surface area contributed by atoms with Gasteiger partial charge in [-0.25, -0.2) is 0 Å². The maximum Gasteiger partial charge on any atom is 0.253 e. The number of rotatable bonds is 4. The Hall–Kier alpha value is -1.88. The first-order chi connectivity index (χ1) is 9.47. The van der Waals surface area contributed by atoms with Crippen molar-refractivity contribution < 1.29 is 14.3 Å². The molecule has 1 aromatic carbocycles. The minimum absolute atomic E-state index is 0.0783. The van der Waals surface area contributed by atoms with E-state index in [2.05, 4.69) is 5.32 Å². The van der Waals surface area contributed by atoms with E-state index in [1.807, 2.05) is 37.3 Å². The van der Waals surface area contributed by atoms with E-state index in [1.165, 1.54) is 0 Å². The molecule has 1 saturated heterocycles. The van der Waals surface area contributed by atoms with E-state index < -0.39 is 5.54 Å². The van der Waals surface area contributed by atoms with Gasteiger partial charge in [0.15, 0.2) is 0 Å². The Labute approximate surface area is 118 Å². The van der Waals surface area contributed by atoms with Gasteiger partial charge in [0.25, 0.3) is 5.91 Å². The zero-order valence-corrected chi connectivity index (χ0v) is 12.1. The van der Waals surface area contributed by atoms with Crippen LogP contribution in [0.5, 0.6) is 0 Å². The second-order valence-electron chi connectivity index (χ2n) is 5.27. The van der Waals surface area contributed by atoms with E-state index in [-0.39, 0.29) is 24.5 Å². The molecule has 1 heterocycles. The second kappa shape index (κ2) is 5.63. The van der Waals surface area contributed by atoms with Crippen LogP contribution in [0.1, 0.15) is 19.4 Å². The minimum atomic E-state index is -1.01. The van der Waals surface area contributed by atoms with Crippen molar-refractivity contribution in [2.45, 2.75) is 25.5 Å². The molecule has 2 amide bonds. The molecule has 108 valence electrons. The van der Waals surface area contributed by atoms with Crippen LogP contribution < -0.4 is 5.32 Å². The van der Waals surface area contributed by atoms with Crippen LogP contribution in [0.25, 0.3) is 0 Å². The molecule has 0 spiro atoms. The van der Waals surface area contributed by atoms with Gasteiger partial charge in [0.1, 0.15) is 5.54 Å². The highest BCUT2D eigenvalue weighted by molar-refractivity contribution is 5.98. The third-order valence-corrected chi connectivity index (χ3v) is 3.67. The number of carbonyl (C=O) groups excluding carboxylic acids is 2. The van der Waals surface area contributed by atoms with E-state index in [0.717, 1.165) is 5.56 Å². The van der Waals surface area contributed by atoms with Crippen LogP contribution in [0.2, 0.25) is 0 Å². The first kappa shape index (κ1) is 14.5. The molecule has 1 N–H and O–H groups in total. The van der Waals surface area contributed by atoms with Crippen LogP contribution in [0.15, 0.2) is 30.3 Å². The highest BCUT2D eigenvalue weighted by Gasteiger charge is 2.44. The zero-order chi connectivity index (χ0) is 14.8. The van der Waals surface area contributed by atoms with E-state index >= 15 is 0 Å². The highest BCUT2D eigenvalue weighted by atomic mass is 16.5. The number of amides is 2. The fourth-order valence-corrected chi connectivity index (χ4v) is 2.43. The largest absolute Gasteiger partial charge is 0.380 e. The fraction of sp³-hybridized carbons (Fsp3) is 0.467. The summed E-state index contributed by atoms with van der Waals surface area (Å²) in [7, 11) is 1.59. The quantitative estimate of drug-likeness (QED) is 0.888. The average Bonchev–Trinajstić information content (AvgIpc) is 2.45. The van der Waals surface area contributed by atoms with Gasteiger partial charge >= 0.3 is 0 Å². The normalized spacial score (nSPS) is 24.4. The molecular formula is C15H20N2O3. The van der Waals surface area contributed by atoms with Crippen LogP contribution in [0, 0.1) is 0 Å². The van der Waals surface area contributed by atoms with Crippen LogP contribution in [-0.2, 0) is 19.9 Å². The van der Waals surface area contributed by atoms with Gasteiger partial charge in [0.05, 0.1) is 12.6 Å². The van der Waals surface area contributed by atoms with Crippen molar-refractivity contribution in [3.8, 4) is 0 Å². The lowest BCUT2D eigenvalue weighted by Gasteiger charge is -2.40. The molecule has 2 atom stereocenters. The number of piperazine rings is 1. The van der Waals surface area contributed by atoms with E-state index in [9.17, 15) is 9.59 Å². The third kappa shape index (κ3) is 2.67. The monoisotopic (exact) mass is 276 g/mol. The Morgan fingerprint density at radius 3 is 2.60 bits per heavy atom. The maximum atomic E-state index is 12.7. The summed E-state index contributed by atoms with van der Waals surface area (Å²) >= 11 is 0. The summed E-state index contributed by atoms with van der Waals surface area (Å²) in [6, 6.07) is 9.29. The molecule has 1 fully saturated rings. The smallest absolute Gasteiger partial charge is 0.253 e. The van der Waals surface area contributed by atoms with Gasteiger partial charge in [-0.3, -0.25) is 9.59 Å². The Kier molecular flexibility index (Phi) is 4.09. The number of hydrogen-bond acceptors (Lipinski definition) is 3. The molecule has 1 aliphatic heterocycles. The van der Waals surface area contributed by atoms with Crippen molar-refractivity contribution in [3.05, 3.63) is 35.9 Å². The average molecular weight is 276 g/mol. The van der Waals surface area contributed by atoms with Gasteiger partial charge in [-0.05, 0) is 19.4 Å². The maximum absolute atomic E-state index is 12.7. The Morgan fingerprint density at radius 2 is 2.00 bits per heavy atom. The molecule has 2 rings (SSSR count). The third-order valence-electron chi connectivity index (χ3n) is 3.67. The summed E-state index contributed by atoms with van der Waals surface area (Å²) < 4.78 is 5.18. The van der Waals surface area contributed by atoms with E-state index in [4.69, 9.17) is 4.74 Å². The lowest BCUT2D eigenvalue weighted by atomic mass is 9.88. The number of benzene rings is 1.